The zero-order valence-electron chi connectivity index (χ0n) is 13.3. The van der Waals surface area contributed by atoms with Crippen molar-refractivity contribution in [3.8, 4) is 0 Å². The van der Waals surface area contributed by atoms with Crippen LogP contribution in [0.2, 0.25) is 0 Å². The lowest BCUT2D eigenvalue weighted by atomic mass is 9.83. The highest BCUT2D eigenvalue weighted by molar-refractivity contribution is 5.87. The molecule has 0 fully saturated rings. The highest BCUT2D eigenvalue weighted by atomic mass is 16.2. The number of nitrogens with two attached hydrogens (primary N) is 1. The van der Waals surface area contributed by atoms with E-state index in [1.807, 2.05) is 64.2 Å². The summed E-state index contributed by atoms with van der Waals surface area (Å²) in [6.07, 6.45) is 0.979. The Morgan fingerprint density at radius 1 is 1.10 bits per heavy atom. The predicted molar refractivity (Wildman–Crippen MR) is 84.7 cm³/mol. The molecule has 0 saturated carbocycles. The molecule has 1 amide bonds. The number of rotatable bonds is 6. The fourth-order valence-corrected chi connectivity index (χ4v) is 2.23. The van der Waals surface area contributed by atoms with Gasteiger partial charge in [-0.15, -0.1) is 0 Å². The lowest BCUT2D eigenvalue weighted by Gasteiger charge is -2.30. The van der Waals surface area contributed by atoms with Crippen LogP contribution in [0.4, 0.5) is 5.69 Å². The fourth-order valence-electron chi connectivity index (χ4n) is 2.23. The third-order valence-electron chi connectivity index (χ3n) is 3.61. The van der Waals surface area contributed by atoms with Crippen molar-refractivity contribution < 1.29 is 4.79 Å². The molecule has 0 bridgehead atoms. The molecule has 0 atom stereocenters. The van der Waals surface area contributed by atoms with E-state index in [2.05, 4.69) is 4.90 Å². The van der Waals surface area contributed by atoms with Gasteiger partial charge in [-0.1, -0.05) is 12.1 Å². The van der Waals surface area contributed by atoms with Gasteiger partial charge in [0, 0.05) is 19.3 Å². The molecule has 0 aliphatic carbocycles. The zero-order chi connectivity index (χ0) is 15.3. The standard InChI is InChI=1S/C16H27N3O/c1-16(2,13-7-9-14(17)10-8-13)15(20)19(5)12-6-11-18(3)4/h7-10H,6,11-12,17H2,1-5H3. The average Bonchev–Trinajstić information content (AvgIpc) is 2.37. The van der Waals surface area contributed by atoms with Gasteiger partial charge >= 0.3 is 0 Å². The second-order valence-corrected chi connectivity index (χ2v) is 6.13. The maximum Gasteiger partial charge on any atom is 0.232 e. The minimum absolute atomic E-state index is 0.140. The van der Waals surface area contributed by atoms with Crippen LogP contribution in [0.25, 0.3) is 0 Å². The number of carbonyl (C=O) groups is 1. The van der Waals surface area contributed by atoms with E-state index in [1.165, 1.54) is 0 Å². The molecule has 0 heterocycles. The van der Waals surface area contributed by atoms with Crippen molar-refractivity contribution in [3.05, 3.63) is 29.8 Å². The molecule has 2 N–H and O–H groups in total. The van der Waals surface area contributed by atoms with Crippen molar-refractivity contribution >= 4 is 11.6 Å². The molecule has 0 radical (unpaired) electrons. The van der Waals surface area contributed by atoms with Crippen LogP contribution in [0, 0.1) is 0 Å². The number of amides is 1. The second kappa shape index (κ2) is 6.75. The van der Waals surface area contributed by atoms with E-state index in [1.54, 1.807) is 0 Å². The van der Waals surface area contributed by atoms with Gasteiger partial charge in [0.15, 0.2) is 0 Å². The predicted octanol–water partition coefficient (Wildman–Crippen LogP) is 1.96. The smallest absolute Gasteiger partial charge is 0.232 e. The Labute approximate surface area is 122 Å². The second-order valence-electron chi connectivity index (χ2n) is 6.13. The summed E-state index contributed by atoms with van der Waals surface area (Å²) >= 11 is 0. The summed E-state index contributed by atoms with van der Waals surface area (Å²) in [5.41, 5.74) is 6.89. The van der Waals surface area contributed by atoms with Crippen molar-refractivity contribution in [1.29, 1.82) is 0 Å². The maximum absolute atomic E-state index is 12.6. The van der Waals surface area contributed by atoms with Crippen LogP contribution in [0.3, 0.4) is 0 Å². The summed E-state index contributed by atoms with van der Waals surface area (Å²) in [5.74, 6) is 0.140. The van der Waals surface area contributed by atoms with Gasteiger partial charge in [-0.3, -0.25) is 4.79 Å². The summed E-state index contributed by atoms with van der Waals surface area (Å²) in [6.45, 7) is 5.68. The number of likely N-dealkylation sites (N-methyl/N-ethyl adjacent to an activating group) is 1. The van der Waals surface area contributed by atoms with E-state index in [4.69, 9.17) is 5.73 Å². The van der Waals surface area contributed by atoms with E-state index in [0.717, 1.165) is 30.8 Å². The average molecular weight is 277 g/mol. The van der Waals surface area contributed by atoms with Crippen molar-refractivity contribution in [3.63, 3.8) is 0 Å². The van der Waals surface area contributed by atoms with Gasteiger partial charge in [-0.05, 0) is 58.6 Å². The van der Waals surface area contributed by atoms with Gasteiger partial charge < -0.3 is 15.5 Å². The molecule has 0 aliphatic heterocycles. The Bertz CT molecular complexity index is 438. The minimum atomic E-state index is -0.527. The van der Waals surface area contributed by atoms with Gasteiger partial charge in [0.25, 0.3) is 0 Å². The van der Waals surface area contributed by atoms with Crippen molar-refractivity contribution in [2.45, 2.75) is 25.7 Å². The monoisotopic (exact) mass is 277 g/mol. The van der Waals surface area contributed by atoms with E-state index in [0.29, 0.717) is 0 Å². The van der Waals surface area contributed by atoms with Crippen LogP contribution in [0.15, 0.2) is 24.3 Å². The van der Waals surface area contributed by atoms with Crippen molar-refractivity contribution in [2.24, 2.45) is 0 Å². The SMILES string of the molecule is CN(C)CCCN(C)C(=O)C(C)(C)c1ccc(N)cc1. The number of carbonyl (C=O) groups excluding carboxylic acids is 1. The number of nitrogens with zero attached hydrogens (tertiary/aromatic N) is 2. The largest absolute Gasteiger partial charge is 0.399 e. The molecule has 4 nitrogen and oxygen atoms in total. The van der Waals surface area contributed by atoms with Crippen LogP contribution in [-0.2, 0) is 10.2 Å². The fraction of sp³-hybridized carbons (Fsp3) is 0.562. The van der Waals surface area contributed by atoms with E-state index in [9.17, 15) is 4.79 Å². The quantitative estimate of drug-likeness (QED) is 0.809. The van der Waals surface area contributed by atoms with Gasteiger partial charge in [0.2, 0.25) is 5.91 Å². The summed E-state index contributed by atoms with van der Waals surface area (Å²) in [6, 6.07) is 7.55. The van der Waals surface area contributed by atoms with E-state index < -0.39 is 5.41 Å². The van der Waals surface area contributed by atoms with Crippen LogP contribution >= 0.6 is 0 Å². The Hall–Kier alpha value is -1.55. The molecular weight excluding hydrogens is 250 g/mol. The van der Waals surface area contributed by atoms with Crippen LogP contribution in [0.1, 0.15) is 25.8 Å². The zero-order valence-corrected chi connectivity index (χ0v) is 13.3. The topological polar surface area (TPSA) is 49.6 Å². The molecule has 0 aromatic heterocycles. The first-order valence-electron chi connectivity index (χ1n) is 7.01. The summed E-state index contributed by atoms with van der Waals surface area (Å²) in [4.78, 5) is 16.6. The molecule has 0 unspecified atom stereocenters. The van der Waals surface area contributed by atoms with E-state index in [-0.39, 0.29) is 5.91 Å². The van der Waals surface area contributed by atoms with Crippen molar-refractivity contribution in [1.82, 2.24) is 9.80 Å². The Morgan fingerprint density at radius 3 is 2.15 bits per heavy atom. The van der Waals surface area contributed by atoms with Crippen LogP contribution in [-0.4, -0.2) is 49.9 Å². The molecule has 4 heteroatoms. The number of anilines is 1. The van der Waals surface area contributed by atoms with Crippen LogP contribution < -0.4 is 5.73 Å². The number of nitrogen functional groups attached to an aromatic ring is 1. The summed E-state index contributed by atoms with van der Waals surface area (Å²) in [7, 11) is 5.96. The highest BCUT2D eigenvalue weighted by Crippen LogP contribution is 2.26. The number of hydrogen-bond donors (Lipinski definition) is 1. The maximum atomic E-state index is 12.6. The van der Waals surface area contributed by atoms with Crippen LogP contribution in [0.5, 0.6) is 0 Å². The third-order valence-corrected chi connectivity index (χ3v) is 3.61. The van der Waals surface area contributed by atoms with Gasteiger partial charge in [-0.25, -0.2) is 0 Å². The highest BCUT2D eigenvalue weighted by Gasteiger charge is 2.32. The van der Waals surface area contributed by atoms with Crippen molar-refractivity contribution in [2.75, 3.05) is 40.0 Å². The lowest BCUT2D eigenvalue weighted by molar-refractivity contribution is -0.135. The summed E-state index contributed by atoms with van der Waals surface area (Å²) in [5, 5.41) is 0. The number of benzene rings is 1. The van der Waals surface area contributed by atoms with Gasteiger partial charge in [0.05, 0.1) is 5.41 Å². The summed E-state index contributed by atoms with van der Waals surface area (Å²) < 4.78 is 0. The third kappa shape index (κ3) is 4.23. The molecule has 0 saturated heterocycles. The normalized spacial score (nSPS) is 11.7. The van der Waals surface area contributed by atoms with E-state index >= 15 is 0 Å². The molecule has 1 rings (SSSR count). The molecule has 0 spiro atoms. The molecule has 20 heavy (non-hydrogen) atoms. The number of hydrogen-bond acceptors (Lipinski definition) is 3. The first-order valence-corrected chi connectivity index (χ1v) is 7.01. The Balaban J connectivity index is 2.70. The van der Waals surface area contributed by atoms with Gasteiger partial charge in [-0.2, -0.15) is 0 Å². The molecule has 0 aliphatic rings. The first kappa shape index (κ1) is 16.5. The Kier molecular flexibility index (Phi) is 5.57. The Morgan fingerprint density at radius 2 is 1.65 bits per heavy atom. The molecule has 1 aromatic rings. The lowest BCUT2D eigenvalue weighted by Crippen LogP contribution is -2.42. The molecule has 1 aromatic carbocycles. The molecule has 112 valence electrons. The van der Waals surface area contributed by atoms with Gasteiger partial charge in [0.1, 0.15) is 0 Å². The minimum Gasteiger partial charge on any atom is -0.399 e. The first-order chi connectivity index (χ1) is 9.25. The molecular formula is C16H27N3O.